The second-order valence-electron chi connectivity index (χ2n) is 2.26. The number of carbonyl (C=O) groups excluding carboxylic acids is 1. The van der Waals surface area contributed by atoms with Gasteiger partial charge in [0.25, 0.3) is 0 Å². The summed E-state index contributed by atoms with van der Waals surface area (Å²) in [6, 6.07) is 0. The van der Waals surface area contributed by atoms with E-state index in [4.69, 9.17) is 0 Å². The van der Waals surface area contributed by atoms with Crippen LogP contribution in [0.4, 0.5) is 0 Å². The van der Waals surface area contributed by atoms with E-state index >= 15 is 0 Å². The minimum Gasteiger partial charge on any atom is -0.303 e. The third-order valence-corrected chi connectivity index (χ3v) is 1.47. The SMILES string of the molecule is C=CCCC(C=C)CC=O. The predicted octanol–water partition coefficient (Wildman–Crippen LogP) is 2.34. The van der Waals surface area contributed by atoms with Crippen LogP contribution in [-0.2, 0) is 4.79 Å². The van der Waals surface area contributed by atoms with E-state index in [0.717, 1.165) is 19.1 Å². The van der Waals surface area contributed by atoms with Crippen molar-refractivity contribution in [2.45, 2.75) is 19.3 Å². The van der Waals surface area contributed by atoms with Gasteiger partial charge in [-0.05, 0) is 18.8 Å². The number of aldehydes is 1. The van der Waals surface area contributed by atoms with E-state index in [-0.39, 0.29) is 0 Å². The van der Waals surface area contributed by atoms with Crippen LogP contribution in [0.5, 0.6) is 0 Å². The van der Waals surface area contributed by atoms with Gasteiger partial charge in [0.1, 0.15) is 6.29 Å². The molecule has 1 nitrogen and oxygen atoms in total. The summed E-state index contributed by atoms with van der Waals surface area (Å²) in [5.74, 6) is 0.343. The Balaban J connectivity index is 3.47. The topological polar surface area (TPSA) is 17.1 Å². The van der Waals surface area contributed by atoms with Crippen molar-refractivity contribution in [3.05, 3.63) is 25.3 Å². The van der Waals surface area contributed by atoms with Gasteiger partial charge in [0.05, 0.1) is 0 Å². The fraction of sp³-hybridized carbons (Fsp3) is 0.444. The molecule has 0 aromatic rings. The van der Waals surface area contributed by atoms with Crippen molar-refractivity contribution in [2.24, 2.45) is 5.92 Å². The first-order valence-corrected chi connectivity index (χ1v) is 3.52. The van der Waals surface area contributed by atoms with Crippen LogP contribution in [0, 0.1) is 5.92 Å². The molecular formula is C9H14O. The molecule has 0 aliphatic rings. The van der Waals surface area contributed by atoms with Gasteiger partial charge in [-0.15, -0.1) is 13.2 Å². The summed E-state index contributed by atoms with van der Waals surface area (Å²) in [6.07, 6.45) is 7.18. The van der Waals surface area contributed by atoms with Crippen LogP contribution in [0.2, 0.25) is 0 Å². The second-order valence-corrected chi connectivity index (χ2v) is 2.26. The average Bonchev–Trinajstić information content (AvgIpc) is 1.98. The monoisotopic (exact) mass is 138 g/mol. The Morgan fingerprint density at radius 1 is 1.40 bits per heavy atom. The Morgan fingerprint density at radius 3 is 2.50 bits per heavy atom. The maximum absolute atomic E-state index is 10.1. The molecule has 0 aromatic carbocycles. The van der Waals surface area contributed by atoms with Crippen molar-refractivity contribution in [1.82, 2.24) is 0 Å². The fourth-order valence-corrected chi connectivity index (χ4v) is 0.787. The Labute approximate surface area is 62.4 Å². The van der Waals surface area contributed by atoms with E-state index in [9.17, 15) is 4.79 Å². The third kappa shape index (κ3) is 4.07. The molecule has 0 aromatic heterocycles. The lowest BCUT2D eigenvalue weighted by Crippen LogP contribution is -1.95. The second kappa shape index (κ2) is 6.27. The molecule has 0 amide bonds. The molecule has 1 atom stereocenters. The molecule has 0 rings (SSSR count). The first-order valence-electron chi connectivity index (χ1n) is 3.52. The quantitative estimate of drug-likeness (QED) is 0.406. The van der Waals surface area contributed by atoms with Gasteiger partial charge in [0, 0.05) is 6.42 Å². The Morgan fingerprint density at radius 2 is 2.10 bits per heavy atom. The van der Waals surface area contributed by atoms with Crippen molar-refractivity contribution in [3.8, 4) is 0 Å². The van der Waals surface area contributed by atoms with Gasteiger partial charge >= 0.3 is 0 Å². The first-order chi connectivity index (χ1) is 4.85. The standard InChI is InChI=1S/C9H14O/c1-3-5-6-9(4-2)7-8-10/h3-4,8-9H,1-2,5-7H2. The molecule has 0 heterocycles. The predicted molar refractivity (Wildman–Crippen MR) is 43.8 cm³/mol. The zero-order chi connectivity index (χ0) is 7.82. The van der Waals surface area contributed by atoms with Gasteiger partial charge in [-0.25, -0.2) is 0 Å². The number of hydrogen-bond donors (Lipinski definition) is 0. The highest BCUT2D eigenvalue weighted by Gasteiger charge is 1.99. The zero-order valence-electron chi connectivity index (χ0n) is 6.25. The van der Waals surface area contributed by atoms with Crippen LogP contribution < -0.4 is 0 Å². The van der Waals surface area contributed by atoms with Gasteiger partial charge in [0.15, 0.2) is 0 Å². The van der Waals surface area contributed by atoms with E-state index in [0.29, 0.717) is 12.3 Å². The molecule has 1 unspecified atom stereocenters. The largest absolute Gasteiger partial charge is 0.303 e. The van der Waals surface area contributed by atoms with Gasteiger partial charge < -0.3 is 4.79 Å². The minimum atomic E-state index is 0.343. The highest BCUT2D eigenvalue weighted by Crippen LogP contribution is 2.10. The summed E-state index contributed by atoms with van der Waals surface area (Å²) in [5, 5.41) is 0. The highest BCUT2D eigenvalue weighted by molar-refractivity contribution is 5.50. The van der Waals surface area contributed by atoms with Crippen LogP contribution in [0.1, 0.15) is 19.3 Å². The van der Waals surface area contributed by atoms with E-state index in [2.05, 4.69) is 13.2 Å². The summed E-state index contributed by atoms with van der Waals surface area (Å²) >= 11 is 0. The molecule has 0 radical (unpaired) electrons. The number of rotatable bonds is 6. The molecule has 0 fully saturated rings. The maximum atomic E-state index is 10.1. The maximum Gasteiger partial charge on any atom is 0.120 e. The van der Waals surface area contributed by atoms with Crippen molar-refractivity contribution < 1.29 is 4.79 Å². The Kier molecular flexibility index (Phi) is 5.74. The normalized spacial score (nSPS) is 12.0. The van der Waals surface area contributed by atoms with Crippen molar-refractivity contribution in [2.75, 3.05) is 0 Å². The van der Waals surface area contributed by atoms with E-state index in [1.807, 2.05) is 12.2 Å². The Hall–Kier alpha value is -0.850. The van der Waals surface area contributed by atoms with Crippen molar-refractivity contribution >= 4 is 6.29 Å². The van der Waals surface area contributed by atoms with Gasteiger partial charge in [-0.1, -0.05) is 12.2 Å². The third-order valence-electron chi connectivity index (χ3n) is 1.47. The average molecular weight is 138 g/mol. The lowest BCUT2D eigenvalue weighted by Gasteiger charge is -2.04. The summed E-state index contributed by atoms with van der Waals surface area (Å²) in [7, 11) is 0. The molecule has 1 heteroatoms. The molecule has 0 aliphatic carbocycles. The van der Waals surface area contributed by atoms with Crippen LogP contribution in [0.3, 0.4) is 0 Å². The molecular weight excluding hydrogens is 124 g/mol. The summed E-state index contributed by atoms with van der Waals surface area (Å²) in [6.45, 7) is 7.24. The number of hydrogen-bond acceptors (Lipinski definition) is 1. The fourth-order valence-electron chi connectivity index (χ4n) is 0.787. The zero-order valence-corrected chi connectivity index (χ0v) is 6.25. The van der Waals surface area contributed by atoms with Crippen molar-refractivity contribution in [3.63, 3.8) is 0 Å². The van der Waals surface area contributed by atoms with Crippen LogP contribution in [0.25, 0.3) is 0 Å². The molecule has 0 saturated heterocycles. The van der Waals surface area contributed by atoms with E-state index in [1.165, 1.54) is 0 Å². The van der Waals surface area contributed by atoms with Crippen molar-refractivity contribution in [1.29, 1.82) is 0 Å². The molecule has 0 spiro atoms. The summed E-state index contributed by atoms with van der Waals surface area (Å²) < 4.78 is 0. The van der Waals surface area contributed by atoms with Crippen LogP contribution >= 0.6 is 0 Å². The lowest BCUT2D eigenvalue weighted by molar-refractivity contribution is -0.108. The number of carbonyl (C=O) groups is 1. The Bertz CT molecular complexity index is 116. The molecule has 56 valence electrons. The summed E-state index contributed by atoms with van der Waals surface area (Å²) in [4.78, 5) is 10.1. The molecule has 0 aliphatic heterocycles. The van der Waals surface area contributed by atoms with Crippen LogP contribution in [0.15, 0.2) is 25.3 Å². The van der Waals surface area contributed by atoms with Gasteiger partial charge in [0.2, 0.25) is 0 Å². The highest BCUT2D eigenvalue weighted by atomic mass is 16.1. The van der Waals surface area contributed by atoms with Gasteiger partial charge in [-0.3, -0.25) is 0 Å². The van der Waals surface area contributed by atoms with Gasteiger partial charge in [-0.2, -0.15) is 0 Å². The molecule has 0 saturated carbocycles. The molecule has 0 bridgehead atoms. The smallest absolute Gasteiger partial charge is 0.120 e. The molecule has 0 N–H and O–H groups in total. The van der Waals surface area contributed by atoms with Crippen LogP contribution in [-0.4, -0.2) is 6.29 Å². The number of allylic oxidation sites excluding steroid dienone is 2. The summed E-state index contributed by atoms with van der Waals surface area (Å²) in [5.41, 5.74) is 0. The molecule has 10 heavy (non-hydrogen) atoms. The minimum absolute atomic E-state index is 0.343. The van der Waals surface area contributed by atoms with E-state index < -0.39 is 0 Å². The first kappa shape index (κ1) is 9.15. The van der Waals surface area contributed by atoms with E-state index in [1.54, 1.807) is 0 Å². The lowest BCUT2D eigenvalue weighted by atomic mass is 10.0.